The van der Waals surface area contributed by atoms with Gasteiger partial charge in [0.1, 0.15) is 17.2 Å². The molecule has 0 unspecified atom stereocenters. The molecule has 0 spiro atoms. The van der Waals surface area contributed by atoms with Gasteiger partial charge in [0.15, 0.2) is 0 Å². The van der Waals surface area contributed by atoms with E-state index in [1.54, 1.807) is 0 Å². The monoisotopic (exact) mass is 709 g/mol. The molecule has 0 radical (unpaired) electrons. The minimum absolute atomic E-state index is 0.265. The summed E-state index contributed by atoms with van der Waals surface area (Å²) in [5.41, 5.74) is 5.57. The largest absolute Gasteiger partial charge is 0.494 e. The highest BCUT2D eigenvalue weighted by Crippen LogP contribution is 2.25. The zero-order valence-corrected chi connectivity index (χ0v) is 30.7. The van der Waals surface area contributed by atoms with Crippen molar-refractivity contribution in [3.63, 3.8) is 0 Å². The predicted molar refractivity (Wildman–Crippen MR) is 212 cm³/mol. The molecule has 0 saturated carbocycles. The Hall–Kier alpha value is -5.54. The van der Waals surface area contributed by atoms with Gasteiger partial charge in [0, 0.05) is 0 Å². The molecule has 0 heterocycles. The molecule has 0 aromatic heterocycles. The summed E-state index contributed by atoms with van der Waals surface area (Å²) < 4.78 is 23.1. The molecule has 0 bridgehead atoms. The number of para-hydroxylation sites is 1. The van der Waals surface area contributed by atoms with Gasteiger partial charge >= 0.3 is 5.97 Å². The molecule has 0 aliphatic heterocycles. The molecule has 5 rings (SSSR count). The summed E-state index contributed by atoms with van der Waals surface area (Å²) in [7, 11) is 0. The quantitative estimate of drug-likeness (QED) is 0.0496. The van der Waals surface area contributed by atoms with Crippen molar-refractivity contribution in [1.82, 2.24) is 0 Å². The maximum atomic E-state index is 12.6. The van der Waals surface area contributed by atoms with Gasteiger partial charge in [0.2, 0.25) is 0 Å². The first-order chi connectivity index (χ1) is 26.2. The van der Waals surface area contributed by atoms with Gasteiger partial charge in [0.05, 0.1) is 43.6 Å². The van der Waals surface area contributed by atoms with E-state index < -0.39 is 0 Å². The van der Waals surface area contributed by atoms with Gasteiger partial charge < -0.3 is 18.9 Å². The van der Waals surface area contributed by atoms with Gasteiger partial charge in [-0.2, -0.15) is 5.26 Å². The zero-order valence-electron chi connectivity index (χ0n) is 30.7. The van der Waals surface area contributed by atoms with Crippen LogP contribution < -0.4 is 14.2 Å². The van der Waals surface area contributed by atoms with E-state index in [-0.39, 0.29) is 5.97 Å². The zero-order chi connectivity index (χ0) is 36.8. The van der Waals surface area contributed by atoms with Crippen LogP contribution in [0.25, 0.3) is 22.3 Å². The number of ether oxygens (including phenoxy) is 4. The first kappa shape index (κ1) is 38.7. The van der Waals surface area contributed by atoms with Crippen LogP contribution in [-0.2, 0) is 4.74 Å². The molecule has 0 amide bonds. The third-order valence-corrected chi connectivity index (χ3v) is 9.12. The molecular formula is C47H51NO5. The Morgan fingerprint density at radius 3 is 1.23 bits per heavy atom. The molecule has 53 heavy (non-hydrogen) atoms. The highest BCUT2D eigenvalue weighted by Gasteiger charge is 2.08. The predicted octanol–water partition coefficient (Wildman–Crippen LogP) is 11.9. The number of rotatable bonds is 23. The molecule has 274 valence electrons. The Balaban J connectivity index is 0.838. The number of benzene rings is 5. The molecule has 6 heteroatoms. The average Bonchev–Trinajstić information content (AvgIpc) is 3.22. The second-order valence-corrected chi connectivity index (χ2v) is 13.2. The first-order valence-corrected chi connectivity index (χ1v) is 19.1. The number of hydrogen-bond acceptors (Lipinski definition) is 6. The standard InChI is InChI=1S/C47H51NO5/c48-37-38-17-19-39(20-18-38)41-25-29-45(30-26-41)51-33-11-6-4-2-1-3-5-7-12-36-53-47(49)43-23-21-40(22-24-43)42-27-31-46(32-28-42)52-35-14-13-34-50-44-15-9-8-10-16-44/h8-10,15-32H,1-7,11-14,33-36H2. The summed E-state index contributed by atoms with van der Waals surface area (Å²) in [5, 5.41) is 8.97. The molecule has 5 aromatic rings. The molecule has 5 aromatic carbocycles. The van der Waals surface area contributed by atoms with Crippen LogP contribution in [-0.4, -0.2) is 32.4 Å². The molecular weight excluding hydrogens is 659 g/mol. The third-order valence-electron chi connectivity index (χ3n) is 9.12. The van der Waals surface area contributed by atoms with E-state index in [9.17, 15) is 4.79 Å². The molecule has 0 saturated heterocycles. The van der Waals surface area contributed by atoms with E-state index >= 15 is 0 Å². The Morgan fingerprint density at radius 2 is 0.774 bits per heavy atom. The van der Waals surface area contributed by atoms with Crippen molar-refractivity contribution in [2.24, 2.45) is 0 Å². The van der Waals surface area contributed by atoms with Crippen LogP contribution in [0.1, 0.15) is 86.6 Å². The van der Waals surface area contributed by atoms with Gasteiger partial charge in [-0.3, -0.25) is 0 Å². The van der Waals surface area contributed by atoms with Gasteiger partial charge in [0.25, 0.3) is 0 Å². The van der Waals surface area contributed by atoms with Crippen LogP contribution in [0, 0.1) is 11.3 Å². The maximum absolute atomic E-state index is 12.6. The van der Waals surface area contributed by atoms with E-state index in [1.807, 2.05) is 115 Å². The van der Waals surface area contributed by atoms with Crippen molar-refractivity contribution in [1.29, 1.82) is 5.26 Å². The highest BCUT2D eigenvalue weighted by molar-refractivity contribution is 5.90. The summed E-state index contributed by atoms with van der Waals surface area (Å²) >= 11 is 0. The Labute approximate surface area is 315 Å². The lowest BCUT2D eigenvalue weighted by Crippen LogP contribution is -2.06. The van der Waals surface area contributed by atoms with Crippen LogP contribution in [0.4, 0.5) is 0 Å². The van der Waals surface area contributed by atoms with E-state index in [1.165, 1.54) is 38.5 Å². The second kappa shape index (κ2) is 22.4. The van der Waals surface area contributed by atoms with E-state index in [0.29, 0.717) is 30.9 Å². The van der Waals surface area contributed by atoms with Crippen molar-refractivity contribution in [2.75, 3.05) is 26.4 Å². The average molecular weight is 710 g/mol. The number of nitriles is 1. The van der Waals surface area contributed by atoms with Crippen molar-refractivity contribution >= 4 is 5.97 Å². The topological polar surface area (TPSA) is 77.8 Å². The molecule has 0 aliphatic carbocycles. The summed E-state index contributed by atoms with van der Waals surface area (Å²) in [6.45, 7) is 2.52. The maximum Gasteiger partial charge on any atom is 0.338 e. The lowest BCUT2D eigenvalue weighted by molar-refractivity contribution is 0.0497. The molecule has 0 N–H and O–H groups in total. The van der Waals surface area contributed by atoms with Crippen molar-refractivity contribution in [3.05, 3.63) is 139 Å². The van der Waals surface area contributed by atoms with Gasteiger partial charge in [-0.1, -0.05) is 112 Å². The molecule has 0 aliphatic rings. The van der Waals surface area contributed by atoms with Crippen molar-refractivity contribution in [3.8, 4) is 45.6 Å². The smallest absolute Gasteiger partial charge is 0.338 e. The number of esters is 1. The van der Waals surface area contributed by atoms with Gasteiger partial charge in [-0.15, -0.1) is 0 Å². The Bertz CT molecular complexity index is 1800. The number of unbranched alkanes of at least 4 members (excludes halogenated alkanes) is 9. The Kier molecular flexibility index (Phi) is 16.4. The summed E-state index contributed by atoms with van der Waals surface area (Å²) in [6, 6.07) is 43.4. The molecule has 0 atom stereocenters. The van der Waals surface area contributed by atoms with E-state index in [4.69, 9.17) is 24.2 Å². The van der Waals surface area contributed by atoms with Gasteiger partial charge in [-0.05, 0) is 109 Å². The summed E-state index contributed by atoms with van der Waals surface area (Å²) in [4.78, 5) is 12.6. The fraction of sp³-hybridized carbons (Fsp3) is 0.319. The van der Waals surface area contributed by atoms with Crippen LogP contribution in [0.15, 0.2) is 127 Å². The van der Waals surface area contributed by atoms with Crippen molar-refractivity contribution < 1.29 is 23.7 Å². The number of nitrogens with zero attached hydrogens (tertiary/aromatic N) is 1. The number of hydrogen-bond donors (Lipinski definition) is 0. The minimum atomic E-state index is -0.265. The van der Waals surface area contributed by atoms with Crippen LogP contribution in [0.2, 0.25) is 0 Å². The second-order valence-electron chi connectivity index (χ2n) is 13.2. The fourth-order valence-corrected chi connectivity index (χ4v) is 6.00. The number of carbonyl (C=O) groups is 1. The SMILES string of the molecule is N#Cc1ccc(-c2ccc(OCCCCCCCCCCCOC(=O)c3ccc(-c4ccc(OCCCCOc5ccccc5)cc4)cc3)cc2)cc1. The Morgan fingerprint density at radius 1 is 0.415 bits per heavy atom. The molecule has 6 nitrogen and oxygen atoms in total. The lowest BCUT2D eigenvalue weighted by Gasteiger charge is -2.09. The number of carbonyl (C=O) groups excluding carboxylic acids is 1. The summed E-state index contributed by atoms with van der Waals surface area (Å²) in [6.07, 6.45) is 12.2. The summed E-state index contributed by atoms with van der Waals surface area (Å²) in [5.74, 6) is 2.37. The van der Waals surface area contributed by atoms with E-state index in [2.05, 4.69) is 18.2 Å². The third kappa shape index (κ3) is 13.8. The van der Waals surface area contributed by atoms with Crippen LogP contribution in [0.5, 0.6) is 17.2 Å². The first-order valence-electron chi connectivity index (χ1n) is 19.1. The normalized spacial score (nSPS) is 10.7. The highest BCUT2D eigenvalue weighted by atomic mass is 16.5. The van der Waals surface area contributed by atoms with E-state index in [0.717, 1.165) is 78.2 Å². The van der Waals surface area contributed by atoms with Crippen LogP contribution in [0.3, 0.4) is 0 Å². The van der Waals surface area contributed by atoms with Crippen molar-refractivity contribution in [2.45, 2.75) is 70.6 Å². The fourth-order valence-electron chi connectivity index (χ4n) is 6.00. The minimum Gasteiger partial charge on any atom is -0.494 e. The van der Waals surface area contributed by atoms with Crippen LogP contribution >= 0.6 is 0 Å². The van der Waals surface area contributed by atoms with Gasteiger partial charge in [-0.25, -0.2) is 4.79 Å². The lowest BCUT2D eigenvalue weighted by atomic mass is 10.0. The molecule has 0 fully saturated rings.